The molecule has 112 valence electrons. The lowest BCUT2D eigenvalue weighted by molar-refractivity contribution is 0.0982. The fraction of sp³-hybridized carbons (Fsp3) is 0.150. The number of benzene rings is 2. The number of carbonyl (C=O) groups excluding carboxylic acids is 1. The maximum atomic E-state index is 12.8. The van der Waals surface area contributed by atoms with E-state index in [9.17, 15) is 4.79 Å². The molecule has 2 aromatic heterocycles. The topological polar surface area (TPSA) is 48.6 Å². The first kappa shape index (κ1) is 12.7. The van der Waals surface area contributed by atoms with Gasteiger partial charge in [0.25, 0.3) is 0 Å². The minimum atomic E-state index is 0.244. The largest absolute Gasteiger partial charge is 0.358 e. The highest BCUT2D eigenvalue weighted by Crippen LogP contribution is 2.39. The molecule has 0 radical (unpaired) electrons. The van der Waals surface area contributed by atoms with Crippen LogP contribution in [0.2, 0.25) is 0 Å². The Morgan fingerprint density at radius 2 is 1.39 bits per heavy atom. The number of fused-ring (bicyclic) bond motifs is 7. The van der Waals surface area contributed by atoms with Crippen LogP contribution < -0.4 is 0 Å². The lowest BCUT2D eigenvalue weighted by Crippen LogP contribution is -2.05. The van der Waals surface area contributed by atoms with Gasteiger partial charge in [0.2, 0.25) is 0 Å². The third kappa shape index (κ3) is 1.73. The molecule has 0 spiro atoms. The molecule has 2 N–H and O–H groups in total. The van der Waals surface area contributed by atoms with Gasteiger partial charge in [-0.15, -0.1) is 0 Å². The zero-order valence-electron chi connectivity index (χ0n) is 12.6. The van der Waals surface area contributed by atoms with Gasteiger partial charge in [0.15, 0.2) is 5.78 Å². The summed E-state index contributed by atoms with van der Waals surface area (Å²) in [5, 5.41) is 2.22. The van der Waals surface area contributed by atoms with Crippen LogP contribution in [0, 0.1) is 0 Å². The SMILES string of the molecule is O=C1CCCc2[nH]c3ccccc3c2-c2[nH]c3ccccc3c21. The van der Waals surface area contributed by atoms with Crippen LogP contribution >= 0.6 is 0 Å². The summed E-state index contributed by atoms with van der Waals surface area (Å²) in [6, 6.07) is 16.4. The first-order valence-electron chi connectivity index (χ1n) is 8.07. The van der Waals surface area contributed by atoms with Crippen molar-refractivity contribution in [3.8, 4) is 11.3 Å². The van der Waals surface area contributed by atoms with Crippen LogP contribution in [0.3, 0.4) is 0 Å². The van der Waals surface area contributed by atoms with Gasteiger partial charge in [0.05, 0.1) is 11.3 Å². The van der Waals surface area contributed by atoms with E-state index in [4.69, 9.17) is 0 Å². The molecule has 3 heteroatoms. The Kier molecular flexibility index (Phi) is 2.54. The number of H-pyrrole nitrogens is 2. The van der Waals surface area contributed by atoms with Crippen molar-refractivity contribution < 1.29 is 4.79 Å². The first-order valence-corrected chi connectivity index (χ1v) is 8.07. The number of aromatic amines is 2. The second-order valence-electron chi connectivity index (χ2n) is 6.22. The fourth-order valence-electron chi connectivity index (χ4n) is 3.84. The van der Waals surface area contributed by atoms with Crippen molar-refractivity contribution in [1.82, 2.24) is 9.97 Å². The summed E-state index contributed by atoms with van der Waals surface area (Å²) in [5.41, 5.74) is 6.39. The Morgan fingerprint density at radius 1 is 0.739 bits per heavy atom. The first-order chi connectivity index (χ1) is 11.3. The average Bonchev–Trinajstić information content (AvgIpc) is 3.10. The van der Waals surface area contributed by atoms with E-state index in [1.807, 2.05) is 30.3 Å². The number of nitrogens with one attached hydrogen (secondary N) is 2. The van der Waals surface area contributed by atoms with Crippen molar-refractivity contribution in [3.63, 3.8) is 0 Å². The van der Waals surface area contributed by atoms with Gasteiger partial charge in [0.1, 0.15) is 0 Å². The van der Waals surface area contributed by atoms with Gasteiger partial charge in [0, 0.05) is 39.5 Å². The number of aryl methyl sites for hydroxylation is 1. The Morgan fingerprint density at radius 3 is 2.17 bits per heavy atom. The van der Waals surface area contributed by atoms with Crippen LogP contribution in [0.4, 0.5) is 0 Å². The summed E-state index contributed by atoms with van der Waals surface area (Å²) < 4.78 is 0. The molecule has 0 unspecified atom stereocenters. The van der Waals surface area contributed by atoms with E-state index in [1.54, 1.807) is 0 Å². The molecule has 0 bridgehead atoms. The molecule has 0 fully saturated rings. The fourth-order valence-corrected chi connectivity index (χ4v) is 3.84. The highest BCUT2D eigenvalue weighted by molar-refractivity contribution is 6.16. The van der Waals surface area contributed by atoms with Crippen molar-refractivity contribution >= 4 is 27.6 Å². The normalized spacial score (nSPS) is 14.5. The quantitative estimate of drug-likeness (QED) is 0.480. The van der Waals surface area contributed by atoms with E-state index < -0.39 is 0 Å². The number of hydrogen-bond acceptors (Lipinski definition) is 1. The van der Waals surface area contributed by atoms with Crippen LogP contribution in [0.25, 0.3) is 33.1 Å². The van der Waals surface area contributed by atoms with E-state index in [0.717, 1.165) is 40.5 Å². The molecule has 2 aromatic carbocycles. The van der Waals surface area contributed by atoms with E-state index in [0.29, 0.717) is 6.42 Å². The number of para-hydroxylation sites is 2. The van der Waals surface area contributed by atoms with Crippen LogP contribution in [0.1, 0.15) is 28.9 Å². The summed E-state index contributed by atoms with van der Waals surface area (Å²) in [5.74, 6) is 0.244. The third-order valence-corrected chi connectivity index (χ3v) is 4.85. The molecule has 1 aliphatic rings. The lowest BCUT2D eigenvalue weighted by atomic mass is 9.93. The predicted molar refractivity (Wildman–Crippen MR) is 92.9 cm³/mol. The Bertz CT molecular complexity index is 1070. The molecule has 0 atom stereocenters. The maximum Gasteiger partial charge on any atom is 0.165 e. The van der Waals surface area contributed by atoms with Crippen LogP contribution in [-0.4, -0.2) is 15.8 Å². The summed E-state index contributed by atoms with van der Waals surface area (Å²) in [6.07, 6.45) is 2.39. The summed E-state index contributed by atoms with van der Waals surface area (Å²) in [4.78, 5) is 19.8. The van der Waals surface area contributed by atoms with Crippen LogP contribution in [-0.2, 0) is 6.42 Å². The molecular weight excluding hydrogens is 284 g/mol. The van der Waals surface area contributed by atoms with Gasteiger partial charge in [-0.05, 0) is 25.0 Å². The standard InChI is InChI=1S/C20H16N2O/c23-17-11-5-10-16-18(12-6-1-3-8-14(12)21-16)20-19(17)13-7-2-4-9-15(13)22-20/h1-4,6-9,21-22H,5,10-11H2. The molecule has 0 saturated heterocycles. The number of ketones is 1. The molecule has 0 saturated carbocycles. The molecule has 0 amide bonds. The van der Waals surface area contributed by atoms with Gasteiger partial charge in [-0.3, -0.25) is 4.79 Å². The number of carbonyl (C=O) groups is 1. The van der Waals surface area contributed by atoms with E-state index >= 15 is 0 Å². The molecule has 1 aliphatic carbocycles. The summed E-state index contributed by atoms with van der Waals surface area (Å²) >= 11 is 0. The van der Waals surface area contributed by atoms with Crippen molar-refractivity contribution in [3.05, 3.63) is 59.8 Å². The second kappa shape index (κ2) is 4.59. The highest BCUT2D eigenvalue weighted by Gasteiger charge is 2.25. The Labute approximate surface area is 133 Å². The van der Waals surface area contributed by atoms with Gasteiger partial charge in [-0.2, -0.15) is 0 Å². The second-order valence-corrected chi connectivity index (χ2v) is 6.22. The Balaban J connectivity index is 1.96. The van der Waals surface area contributed by atoms with E-state index in [2.05, 4.69) is 28.2 Å². The number of rotatable bonds is 0. The zero-order valence-corrected chi connectivity index (χ0v) is 12.6. The van der Waals surface area contributed by atoms with Crippen LogP contribution in [0.15, 0.2) is 48.5 Å². The highest BCUT2D eigenvalue weighted by atomic mass is 16.1. The zero-order chi connectivity index (χ0) is 15.4. The molecule has 3 nitrogen and oxygen atoms in total. The minimum Gasteiger partial charge on any atom is -0.358 e. The number of Topliss-reactive ketones (excluding diaryl/α,β-unsaturated/α-hetero) is 1. The van der Waals surface area contributed by atoms with Gasteiger partial charge in [-0.25, -0.2) is 0 Å². The third-order valence-electron chi connectivity index (χ3n) is 4.85. The van der Waals surface area contributed by atoms with Crippen molar-refractivity contribution in [1.29, 1.82) is 0 Å². The van der Waals surface area contributed by atoms with Crippen molar-refractivity contribution in [2.24, 2.45) is 0 Å². The van der Waals surface area contributed by atoms with E-state index in [1.165, 1.54) is 16.6 Å². The monoisotopic (exact) mass is 300 g/mol. The van der Waals surface area contributed by atoms with Gasteiger partial charge < -0.3 is 9.97 Å². The Hall–Kier alpha value is -2.81. The molecule has 0 aliphatic heterocycles. The lowest BCUT2D eigenvalue weighted by Gasteiger charge is -2.11. The minimum absolute atomic E-state index is 0.244. The molecule has 2 heterocycles. The number of hydrogen-bond donors (Lipinski definition) is 2. The van der Waals surface area contributed by atoms with Gasteiger partial charge in [-0.1, -0.05) is 36.4 Å². The smallest absolute Gasteiger partial charge is 0.165 e. The summed E-state index contributed by atoms with van der Waals surface area (Å²) in [7, 11) is 0. The maximum absolute atomic E-state index is 12.8. The van der Waals surface area contributed by atoms with Gasteiger partial charge >= 0.3 is 0 Å². The summed E-state index contributed by atoms with van der Waals surface area (Å²) in [6.45, 7) is 0. The van der Waals surface area contributed by atoms with Crippen molar-refractivity contribution in [2.45, 2.75) is 19.3 Å². The molecule has 5 rings (SSSR count). The number of aromatic nitrogens is 2. The molecule has 23 heavy (non-hydrogen) atoms. The molecule has 4 aromatic rings. The van der Waals surface area contributed by atoms with Crippen LogP contribution in [0.5, 0.6) is 0 Å². The molecular formula is C20H16N2O. The van der Waals surface area contributed by atoms with Crippen molar-refractivity contribution in [2.75, 3.05) is 0 Å². The predicted octanol–water partition coefficient (Wildman–Crippen LogP) is 4.84. The average molecular weight is 300 g/mol. The van der Waals surface area contributed by atoms with E-state index in [-0.39, 0.29) is 5.78 Å².